The molecule has 19 nitrogen and oxygen atoms in total. The lowest BCUT2D eigenvalue weighted by atomic mass is 10.0. The number of piperazine rings is 1. The Morgan fingerprint density at radius 1 is 0.831 bits per heavy atom. The minimum Gasteiger partial charge on any atom is -0.445 e. The SMILES string of the molecule is CC(=O)CCC(=O)N[C@H](C(=O)N[C@@H](CCCNC(N)=O)C(=O)Nc1ccc(COC(=O)N2CCN(c3ccc(C(=O)NCc4ccc(NC(=O)[C@H]5C[C@@H]5c5cccnc5)cc4F)cc3)CC2)cc1)C(C)C. The maximum absolute atomic E-state index is 15.0. The number of rotatable bonds is 22. The number of ketones is 1. The van der Waals surface area contributed by atoms with Crippen molar-refractivity contribution in [1.29, 1.82) is 0 Å². The van der Waals surface area contributed by atoms with Gasteiger partial charge in [0.2, 0.25) is 23.6 Å². The minimum atomic E-state index is -1.04. The standard InChI is InChI=1S/C51H61FN10O9/c1-31(2)45(60-44(64)19-8-32(3)63)49(68)59-43(7-5-21-55-50(53)69)48(67)57-37-14-9-33(10-15-37)30-71-51(70)62-24-22-61(23-25-62)39-17-12-34(13-18-39)46(65)56-29-36-11-16-38(26-42(36)52)58-47(66)41-27-40(41)35-6-4-20-54-28-35/h4,6,9-18,20,26,28,31,40-41,43,45H,5,7-8,19,21-25,27,29-30H2,1-3H3,(H,56,65)(H,57,67)(H,58,66)(H,59,68)(H,60,64)(H3,53,55,69)/t40-,41+,43+,45+/m1/s1. The number of primary amides is 1. The zero-order valence-electron chi connectivity index (χ0n) is 40.0. The number of pyridine rings is 1. The van der Waals surface area contributed by atoms with Crippen molar-refractivity contribution >= 4 is 64.5 Å². The average Bonchev–Trinajstić information content (AvgIpc) is 4.17. The number of amides is 8. The molecular formula is C51H61FN10O9. The number of carbonyl (C=O) groups is 8. The molecule has 1 aliphatic heterocycles. The van der Waals surface area contributed by atoms with Crippen LogP contribution in [0.1, 0.15) is 85.8 Å². The van der Waals surface area contributed by atoms with Gasteiger partial charge in [-0.2, -0.15) is 0 Å². The monoisotopic (exact) mass is 976 g/mol. The highest BCUT2D eigenvalue weighted by Gasteiger charge is 2.44. The number of aromatic nitrogens is 1. The maximum atomic E-state index is 15.0. The second-order valence-electron chi connectivity index (χ2n) is 18.0. The van der Waals surface area contributed by atoms with Gasteiger partial charge in [0.05, 0.1) is 0 Å². The number of carbonyl (C=O) groups excluding carboxylic acids is 8. The molecular weight excluding hydrogens is 916 g/mol. The van der Waals surface area contributed by atoms with Crippen LogP contribution in [0, 0.1) is 17.7 Å². The average molecular weight is 977 g/mol. The number of hydrogen-bond acceptors (Lipinski definition) is 11. The predicted molar refractivity (Wildman–Crippen MR) is 262 cm³/mol. The molecule has 0 radical (unpaired) electrons. The number of hydrogen-bond donors (Lipinski definition) is 7. The van der Waals surface area contributed by atoms with E-state index in [1.54, 1.807) is 73.6 Å². The molecule has 71 heavy (non-hydrogen) atoms. The molecule has 8 N–H and O–H groups in total. The molecule has 376 valence electrons. The number of urea groups is 1. The summed E-state index contributed by atoms with van der Waals surface area (Å²) in [5.74, 6) is -3.27. The highest BCUT2D eigenvalue weighted by molar-refractivity contribution is 5.99. The molecule has 1 aliphatic carbocycles. The Labute approximate surface area is 411 Å². The molecule has 8 amide bonds. The second kappa shape index (κ2) is 25.1. The largest absolute Gasteiger partial charge is 0.445 e. The summed E-state index contributed by atoms with van der Waals surface area (Å²) in [5.41, 5.74) is 9.12. The van der Waals surface area contributed by atoms with Crippen molar-refractivity contribution in [3.05, 3.63) is 119 Å². The molecule has 4 aromatic rings. The van der Waals surface area contributed by atoms with Gasteiger partial charge in [0.15, 0.2) is 0 Å². The van der Waals surface area contributed by atoms with Gasteiger partial charge in [-0.25, -0.2) is 14.0 Å². The lowest BCUT2D eigenvalue weighted by Gasteiger charge is -2.35. The molecule has 4 atom stereocenters. The Morgan fingerprint density at radius 2 is 1.55 bits per heavy atom. The number of nitrogens with zero attached hydrogens (tertiary/aromatic N) is 3. The Morgan fingerprint density at radius 3 is 2.20 bits per heavy atom. The first-order valence-corrected chi connectivity index (χ1v) is 23.6. The summed E-state index contributed by atoms with van der Waals surface area (Å²) in [4.78, 5) is 108. The normalized spacial score (nSPS) is 15.9. The number of ether oxygens (including phenoxy) is 1. The molecule has 2 fully saturated rings. The van der Waals surface area contributed by atoms with Crippen molar-refractivity contribution in [3.63, 3.8) is 0 Å². The Balaban J connectivity index is 0.912. The van der Waals surface area contributed by atoms with Gasteiger partial charge < -0.3 is 57.0 Å². The van der Waals surface area contributed by atoms with Gasteiger partial charge in [0, 0.05) is 98.6 Å². The first kappa shape index (κ1) is 52.5. The number of nitrogens with two attached hydrogens (primary N) is 1. The van der Waals surface area contributed by atoms with Crippen LogP contribution in [0.4, 0.5) is 31.0 Å². The summed E-state index contributed by atoms with van der Waals surface area (Å²) < 4.78 is 20.6. The fourth-order valence-electron chi connectivity index (χ4n) is 7.97. The van der Waals surface area contributed by atoms with Crippen LogP contribution in [0.15, 0.2) is 91.3 Å². The van der Waals surface area contributed by atoms with Gasteiger partial charge in [0.25, 0.3) is 5.91 Å². The molecule has 0 bridgehead atoms. The summed E-state index contributed by atoms with van der Waals surface area (Å²) >= 11 is 0. The van der Waals surface area contributed by atoms with Crippen LogP contribution in [0.3, 0.4) is 0 Å². The van der Waals surface area contributed by atoms with E-state index in [9.17, 15) is 38.4 Å². The molecule has 2 aliphatic rings. The predicted octanol–water partition coefficient (Wildman–Crippen LogP) is 4.73. The number of anilines is 3. The molecule has 0 spiro atoms. The second-order valence-corrected chi connectivity index (χ2v) is 18.0. The summed E-state index contributed by atoms with van der Waals surface area (Å²) in [6, 6.07) is 19.1. The van der Waals surface area contributed by atoms with E-state index in [1.165, 1.54) is 19.1 Å². The Kier molecular flexibility index (Phi) is 18.6. The smallest absolute Gasteiger partial charge is 0.410 e. The zero-order chi connectivity index (χ0) is 51.0. The molecule has 6 rings (SSSR count). The van der Waals surface area contributed by atoms with E-state index in [1.807, 2.05) is 24.3 Å². The van der Waals surface area contributed by atoms with Gasteiger partial charge in [-0.05, 0) is 104 Å². The molecule has 1 saturated carbocycles. The maximum Gasteiger partial charge on any atom is 0.410 e. The lowest BCUT2D eigenvalue weighted by Crippen LogP contribution is -2.54. The third-order valence-corrected chi connectivity index (χ3v) is 12.2. The van der Waals surface area contributed by atoms with E-state index in [0.717, 1.165) is 11.3 Å². The Bertz CT molecular complexity index is 2540. The molecule has 0 unspecified atom stereocenters. The van der Waals surface area contributed by atoms with Gasteiger partial charge in [-0.15, -0.1) is 0 Å². The van der Waals surface area contributed by atoms with Gasteiger partial charge in [-0.1, -0.05) is 38.1 Å². The highest BCUT2D eigenvalue weighted by Crippen LogP contribution is 2.47. The fraction of sp³-hybridized carbons (Fsp3) is 0.392. The number of halogens is 1. The van der Waals surface area contributed by atoms with Crippen molar-refractivity contribution in [2.24, 2.45) is 17.6 Å². The van der Waals surface area contributed by atoms with Gasteiger partial charge in [0.1, 0.15) is 30.3 Å². The van der Waals surface area contributed by atoms with E-state index in [-0.39, 0.29) is 79.9 Å². The van der Waals surface area contributed by atoms with Crippen LogP contribution >= 0.6 is 0 Å². The van der Waals surface area contributed by atoms with Crippen molar-refractivity contribution in [2.45, 2.75) is 84.0 Å². The van der Waals surface area contributed by atoms with Crippen molar-refractivity contribution in [1.82, 2.24) is 31.2 Å². The Hall–Kier alpha value is -7.90. The highest BCUT2D eigenvalue weighted by atomic mass is 19.1. The van der Waals surface area contributed by atoms with Crippen LogP contribution in [0.5, 0.6) is 0 Å². The van der Waals surface area contributed by atoms with Crippen LogP contribution in [-0.4, -0.2) is 102 Å². The van der Waals surface area contributed by atoms with E-state index in [0.29, 0.717) is 61.5 Å². The summed E-state index contributed by atoms with van der Waals surface area (Å²) in [7, 11) is 0. The molecule has 1 aromatic heterocycles. The van der Waals surface area contributed by atoms with E-state index in [4.69, 9.17) is 10.5 Å². The van der Waals surface area contributed by atoms with E-state index < -0.39 is 47.7 Å². The quantitative estimate of drug-likeness (QED) is 0.0530. The molecule has 2 heterocycles. The fourth-order valence-corrected chi connectivity index (χ4v) is 7.97. The first-order chi connectivity index (χ1) is 34.0. The number of benzene rings is 3. The molecule has 1 saturated heterocycles. The number of Topliss-reactive ketones (excluding diaryl/α,β-unsaturated/α-hetero) is 1. The first-order valence-electron chi connectivity index (χ1n) is 23.6. The third kappa shape index (κ3) is 15.8. The summed E-state index contributed by atoms with van der Waals surface area (Å²) in [6.45, 7) is 6.77. The minimum absolute atomic E-state index is 0.0259. The van der Waals surface area contributed by atoms with E-state index in [2.05, 4.69) is 41.8 Å². The van der Waals surface area contributed by atoms with Crippen LogP contribution in [-0.2, 0) is 41.9 Å². The lowest BCUT2D eigenvalue weighted by molar-refractivity contribution is -0.132. The van der Waals surface area contributed by atoms with Crippen molar-refractivity contribution < 1.29 is 47.5 Å². The van der Waals surface area contributed by atoms with E-state index >= 15 is 4.39 Å². The van der Waals surface area contributed by atoms with Crippen molar-refractivity contribution in [2.75, 3.05) is 48.3 Å². The topological polar surface area (TPSA) is 263 Å². The molecule has 20 heteroatoms. The van der Waals surface area contributed by atoms with Crippen molar-refractivity contribution in [3.8, 4) is 0 Å². The van der Waals surface area contributed by atoms with Crippen LogP contribution < -0.4 is 42.5 Å². The van der Waals surface area contributed by atoms with Gasteiger partial charge >= 0.3 is 12.1 Å². The summed E-state index contributed by atoms with van der Waals surface area (Å²) in [6.07, 6.45) is 4.06. The molecule has 3 aromatic carbocycles. The zero-order valence-corrected chi connectivity index (χ0v) is 40.0. The number of nitrogens with one attached hydrogen (secondary N) is 6. The van der Waals surface area contributed by atoms with Crippen LogP contribution in [0.2, 0.25) is 0 Å². The van der Waals surface area contributed by atoms with Gasteiger partial charge in [-0.3, -0.25) is 29.0 Å². The third-order valence-electron chi connectivity index (χ3n) is 12.2. The van der Waals surface area contributed by atoms with Crippen LogP contribution in [0.25, 0.3) is 0 Å². The summed E-state index contributed by atoms with van der Waals surface area (Å²) in [5, 5.41) is 16.1.